The van der Waals surface area contributed by atoms with E-state index in [1.807, 2.05) is 25.1 Å². The number of nitrogens with zero attached hydrogens (tertiary/aromatic N) is 2. The van der Waals surface area contributed by atoms with Crippen molar-refractivity contribution in [2.45, 2.75) is 13.0 Å². The maximum absolute atomic E-state index is 11.8. The lowest BCUT2D eigenvalue weighted by atomic mass is 10.0. The van der Waals surface area contributed by atoms with Crippen molar-refractivity contribution in [3.63, 3.8) is 0 Å². The summed E-state index contributed by atoms with van der Waals surface area (Å²) in [6.45, 7) is 6.02. The molecular formula is C14H17N3O2. The molecule has 0 fully saturated rings. The summed E-state index contributed by atoms with van der Waals surface area (Å²) in [6.07, 6.45) is 1.66. The summed E-state index contributed by atoms with van der Waals surface area (Å²) in [4.78, 5) is 17.2. The molecule has 2 N–H and O–H groups in total. The monoisotopic (exact) mass is 259 g/mol. The molecule has 1 aliphatic rings. The van der Waals surface area contributed by atoms with Crippen molar-refractivity contribution in [2.75, 3.05) is 13.7 Å². The van der Waals surface area contributed by atoms with Gasteiger partial charge in [0.2, 0.25) is 0 Å². The smallest absolute Gasteiger partial charge is 0.346 e. The number of rotatable bonds is 4. The maximum atomic E-state index is 11.8. The van der Waals surface area contributed by atoms with Crippen molar-refractivity contribution in [1.29, 1.82) is 0 Å². The van der Waals surface area contributed by atoms with Gasteiger partial charge in [-0.15, -0.1) is 6.58 Å². The Balaban J connectivity index is 2.38. The standard InChI is InChI=1S/C14H17N3O2/c1-4-7-17-12(13(15)16-14(17)18)10-5-6-11(19-3)9(2)8-10/h4-6,8,12H,1,7H2,2-3H3,(H2,15,16,18). The van der Waals surface area contributed by atoms with Gasteiger partial charge < -0.3 is 15.4 Å². The lowest BCUT2D eigenvalue weighted by molar-refractivity contribution is 0.213. The minimum absolute atomic E-state index is 0.316. The number of carbonyl (C=O) groups is 1. The molecule has 0 radical (unpaired) electrons. The minimum Gasteiger partial charge on any atom is -0.496 e. The van der Waals surface area contributed by atoms with E-state index < -0.39 is 0 Å². The molecule has 1 unspecified atom stereocenters. The topological polar surface area (TPSA) is 67.9 Å². The summed E-state index contributed by atoms with van der Waals surface area (Å²) in [6, 6.07) is 5.08. The molecule has 0 saturated carbocycles. The molecule has 0 aliphatic carbocycles. The molecule has 1 aliphatic heterocycles. The normalized spacial score (nSPS) is 18.4. The van der Waals surface area contributed by atoms with Crippen LogP contribution in [0.15, 0.2) is 35.8 Å². The maximum Gasteiger partial charge on any atom is 0.346 e. The molecule has 1 aromatic rings. The molecule has 1 atom stereocenters. The first-order valence-electron chi connectivity index (χ1n) is 5.98. The van der Waals surface area contributed by atoms with E-state index in [2.05, 4.69) is 11.6 Å². The second kappa shape index (κ2) is 5.14. The van der Waals surface area contributed by atoms with Crippen molar-refractivity contribution in [1.82, 2.24) is 4.90 Å². The van der Waals surface area contributed by atoms with E-state index in [-0.39, 0.29) is 12.1 Å². The van der Waals surface area contributed by atoms with E-state index in [0.29, 0.717) is 12.4 Å². The Kier molecular flexibility index (Phi) is 3.55. The highest BCUT2D eigenvalue weighted by Crippen LogP contribution is 2.29. The van der Waals surface area contributed by atoms with Crippen LogP contribution >= 0.6 is 0 Å². The van der Waals surface area contributed by atoms with Crippen molar-refractivity contribution in [2.24, 2.45) is 10.7 Å². The van der Waals surface area contributed by atoms with Gasteiger partial charge in [0.05, 0.1) is 7.11 Å². The first-order chi connectivity index (χ1) is 9.08. The van der Waals surface area contributed by atoms with Crippen LogP contribution < -0.4 is 10.5 Å². The van der Waals surface area contributed by atoms with E-state index in [4.69, 9.17) is 10.5 Å². The molecule has 5 heteroatoms. The zero-order valence-electron chi connectivity index (χ0n) is 11.1. The molecule has 19 heavy (non-hydrogen) atoms. The average molecular weight is 259 g/mol. The highest BCUT2D eigenvalue weighted by Gasteiger charge is 2.33. The van der Waals surface area contributed by atoms with Crippen LogP contribution in [0.25, 0.3) is 0 Å². The average Bonchev–Trinajstić information content (AvgIpc) is 2.65. The first-order valence-corrected chi connectivity index (χ1v) is 5.98. The van der Waals surface area contributed by atoms with E-state index in [1.54, 1.807) is 18.1 Å². The molecular weight excluding hydrogens is 242 g/mol. The number of urea groups is 1. The predicted octanol–water partition coefficient (Wildman–Crippen LogP) is 2.02. The molecule has 0 spiro atoms. The van der Waals surface area contributed by atoms with Gasteiger partial charge in [-0.2, -0.15) is 4.99 Å². The molecule has 0 aromatic heterocycles. The van der Waals surface area contributed by atoms with Gasteiger partial charge in [-0.05, 0) is 30.2 Å². The Morgan fingerprint density at radius 1 is 1.58 bits per heavy atom. The number of methoxy groups -OCH3 is 1. The number of nitrogens with two attached hydrogens (primary N) is 1. The summed E-state index contributed by atoms with van der Waals surface area (Å²) >= 11 is 0. The summed E-state index contributed by atoms with van der Waals surface area (Å²) < 4.78 is 5.23. The highest BCUT2D eigenvalue weighted by atomic mass is 16.5. The van der Waals surface area contributed by atoms with Crippen molar-refractivity contribution in [3.8, 4) is 5.75 Å². The fourth-order valence-corrected chi connectivity index (χ4v) is 2.25. The van der Waals surface area contributed by atoms with Crippen LogP contribution in [0.1, 0.15) is 17.2 Å². The van der Waals surface area contributed by atoms with E-state index >= 15 is 0 Å². The number of aliphatic imine (C=N–C) groups is 1. The largest absolute Gasteiger partial charge is 0.496 e. The molecule has 2 amide bonds. The van der Waals surface area contributed by atoms with Crippen LogP contribution in [0.5, 0.6) is 5.75 Å². The Hall–Kier alpha value is -2.30. The molecule has 1 aromatic carbocycles. The third-order valence-electron chi connectivity index (χ3n) is 3.12. The van der Waals surface area contributed by atoms with E-state index in [0.717, 1.165) is 16.9 Å². The van der Waals surface area contributed by atoms with Crippen molar-refractivity contribution in [3.05, 3.63) is 42.0 Å². The molecule has 0 saturated heterocycles. The number of amidine groups is 1. The van der Waals surface area contributed by atoms with Gasteiger partial charge in [-0.3, -0.25) is 0 Å². The van der Waals surface area contributed by atoms with Crippen LogP contribution in [0, 0.1) is 6.92 Å². The second-order valence-corrected chi connectivity index (χ2v) is 4.39. The SMILES string of the molecule is C=CCN1C(=O)N=C(N)C1c1ccc(OC)c(C)c1. The number of hydrogen-bond acceptors (Lipinski definition) is 3. The summed E-state index contributed by atoms with van der Waals surface area (Å²) in [5.41, 5.74) is 7.78. The molecule has 2 rings (SSSR count). The van der Waals surface area contributed by atoms with Crippen molar-refractivity contribution < 1.29 is 9.53 Å². The van der Waals surface area contributed by atoms with Crippen LogP contribution in [-0.2, 0) is 0 Å². The van der Waals surface area contributed by atoms with E-state index in [1.165, 1.54) is 0 Å². The predicted molar refractivity (Wildman–Crippen MR) is 74.4 cm³/mol. The van der Waals surface area contributed by atoms with Gasteiger partial charge in [0.15, 0.2) is 0 Å². The summed E-state index contributed by atoms with van der Waals surface area (Å²) in [5.74, 6) is 1.12. The van der Waals surface area contributed by atoms with Crippen LogP contribution in [0.4, 0.5) is 4.79 Å². The third kappa shape index (κ3) is 2.31. The lowest BCUT2D eigenvalue weighted by Gasteiger charge is -2.23. The highest BCUT2D eigenvalue weighted by molar-refractivity contribution is 6.03. The number of benzene rings is 1. The van der Waals surface area contributed by atoms with Crippen LogP contribution in [0.2, 0.25) is 0 Å². The van der Waals surface area contributed by atoms with Gasteiger partial charge in [0, 0.05) is 6.54 Å². The quantitative estimate of drug-likeness (QED) is 0.841. The number of aryl methyl sites for hydroxylation is 1. The summed E-state index contributed by atoms with van der Waals surface area (Å²) in [5, 5.41) is 0. The lowest BCUT2D eigenvalue weighted by Crippen LogP contribution is -2.33. The first kappa shape index (κ1) is 13.1. The van der Waals surface area contributed by atoms with Gasteiger partial charge in [-0.25, -0.2) is 4.79 Å². The van der Waals surface area contributed by atoms with Crippen molar-refractivity contribution >= 4 is 11.9 Å². The summed E-state index contributed by atoms with van der Waals surface area (Å²) in [7, 11) is 1.63. The number of hydrogen-bond donors (Lipinski definition) is 1. The zero-order valence-corrected chi connectivity index (χ0v) is 11.1. The van der Waals surface area contributed by atoms with Gasteiger partial charge in [0.25, 0.3) is 0 Å². The fourth-order valence-electron chi connectivity index (χ4n) is 2.25. The van der Waals surface area contributed by atoms with E-state index in [9.17, 15) is 4.79 Å². The van der Waals surface area contributed by atoms with Gasteiger partial charge in [0.1, 0.15) is 17.6 Å². The molecule has 1 heterocycles. The minimum atomic E-state index is -0.324. The number of ether oxygens (including phenoxy) is 1. The Morgan fingerprint density at radius 2 is 2.32 bits per heavy atom. The van der Waals surface area contributed by atoms with Gasteiger partial charge in [-0.1, -0.05) is 12.1 Å². The molecule has 100 valence electrons. The van der Waals surface area contributed by atoms with Gasteiger partial charge >= 0.3 is 6.03 Å². The third-order valence-corrected chi connectivity index (χ3v) is 3.12. The number of carbonyl (C=O) groups excluding carboxylic acids is 1. The molecule has 5 nitrogen and oxygen atoms in total. The van der Waals surface area contributed by atoms with Crippen LogP contribution in [0.3, 0.4) is 0 Å². The Labute approximate surface area is 112 Å². The van der Waals surface area contributed by atoms with Crippen LogP contribution in [-0.4, -0.2) is 30.4 Å². The Morgan fingerprint density at radius 3 is 2.89 bits per heavy atom. The fraction of sp³-hybridized carbons (Fsp3) is 0.286. The zero-order chi connectivity index (χ0) is 14.0. The molecule has 0 bridgehead atoms. The number of amides is 2. The Bertz CT molecular complexity index is 552. The second-order valence-electron chi connectivity index (χ2n) is 4.39.